The van der Waals surface area contributed by atoms with Crippen molar-refractivity contribution >= 4 is 17.3 Å². The van der Waals surface area contributed by atoms with Gasteiger partial charge in [0.2, 0.25) is 0 Å². The van der Waals surface area contributed by atoms with Crippen LogP contribution in [0, 0.1) is 0 Å². The van der Waals surface area contributed by atoms with Crippen molar-refractivity contribution in [3.63, 3.8) is 0 Å². The lowest BCUT2D eigenvalue weighted by molar-refractivity contribution is 0.216. The molecule has 0 amide bonds. The van der Waals surface area contributed by atoms with Crippen molar-refractivity contribution in [2.45, 2.75) is 32.2 Å². The molecule has 0 spiro atoms. The number of thiocarbonyl (C=S) groups is 1. The minimum atomic E-state index is 0.537. The Morgan fingerprint density at radius 3 is 2.60 bits per heavy atom. The molecule has 1 fully saturated rings. The zero-order chi connectivity index (χ0) is 14.2. The Balaban J connectivity index is 1.61. The normalized spacial score (nSPS) is 16.9. The number of hydrogen-bond donors (Lipinski definition) is 2. The predicted octanol–water partition coefficient (Wildman–Crippen LogP) is 2.18. The molecule has 20 heavy (non-hydrogen) atoms. The minimum Gasteiger partial charge on any atom is -0.362 e. The Labute approximate surface area is 127 Å². The fourth-order valence-electron chi connectivity index (χ4n) is 2.60. The Morgan fingerprint density at radius 1 is 1.25 bits per heavy atom. The SMILES string of the molecule is CCN1CCC(NC(=S)NCCc2ccccc2)CC1. The van der Waals surface area contributed by atoms with Gasteiger partial charge in [0.15, 0.2) is 5.11 Å². The molecule has 1 aliphatic heterocycles. The zero-order valence-electron chi connectivity index (χ0n) is 12.3. The van der Waals surface area contributed by atoms with Crippen LogP contribution >= 0.6 is 12.2 Å². The molecule has 2 rings (SSSR count). The number of likely N-dealkylation sites (tertiary alicyclic amines) is 1. The van der Waals surface area contributed by atoms with Gasteiger partial charge in [-0.3, -0.25) is 0 Å². The molecule has 0 atom stereocenters. The van der Waals surface area contributed by atoms with Gasteiger partial charge >= 0.3 is 0 Å². The summed E-state index contributed by atoms with van der Waals surface area (Å²) in [5.41, 5.74) is 1.35. The molecule has 1 aromatic carbocycles. The highest BCUT2D eigenvalue weighted by molar-refractivity contribution is 7.80. The first-order chi connectivity index (χ1) is 9.78. The number of nitrogens with one attached hydrogen (secondary N) is 2. The van der Waals surface area contributed by atoms with Crippen molar-refractivity contribution < 1.29 is 0 Å². The largest absolute Gasteiger partial charge is 0.362 e. The van der Waals surface area contributed by atoms with E-state index in [1.165, 1.54) is 31.5 Å². The van der Waals surface area contributed by atoms with Crippen molar-refractivity contribution in [1.82, 2.24) is 15.5 Å². The molecule has 1 heterocycles. The van der Waals surface area contributed by atoms with Gasteiger partial charge in [0.25, 0.3) is 0 Å². The molecule has 0 saturated carbocycles. The topological polar surface area (TPSA) is 27.3 Å². The van der Waals surface area contributed by atoms with Crippen LogP contribution < -0.4 is 10.6 Å². The van der Waals surface area contributed by atoms with Crippen LogP contribution in [0.3, 0.4) is 0 Å². The first-order valence-corrected chi connectivity index (χ1v) is 7.99. The molecule has 0 aliphatic carbocycles. The lowest BCUT2D eigenvalue weighted by Gasteiger charge is -2.32. The molecule has 110 valence electrons. The summed E-state index contributed by atoms with van der Waals surface area (Å²) in [6.45, 7) is 6.64. The average Bonchev–Trinajstić information content (AvgIpc) is 2.49. The minimum absolute atomic E-state index is 0.537. The highest BCUT2D eigenvalue weighted by Crippen LogP contribution is 2.09. The summed E-state index contributed by atoms with van der Waals surface area (Å²) < 4.78 is 0. The molecule has 4 heteroatoms. The number of nitrogens with zero attached hydrogens (tertiary/aromatic N) is 1. The fourth-order valence-corrected chi connectivity index (χ4v) is 2.86. The second kappa shape index (κ2) is 8.22. The van der Waals surface area contributed by atoms with E-state index in [0.717, 1.165) is 24.6 Å². The predicted molar refractivity (Wildman–Crippen MR) is 89.0 cm³/mol. The molecule has 0 bridgehead atoms. The molecule has 1 aromatic rings. The summed E-state index contributed by atoms with van der Waals surface area (Å²) >= 11 is 5.37. The van der Waals surface area contributed by atoms with Crippen LogP contribution in [0.25, 0.3) is 0 Å². The van der Waals surface area contributed by atoms with Gasteiger partial charge in [0.1, 0.15) is 0 Å². The smallest absolute Gasteiger partial charge is 0.166 e. The van der Waals surface area contributed by atoms with E-state index >= 15 is 0 Å². The Hall–Kier alpha value is -1.13. The van der Waals surface area contributed by atoms with Gasteiger partial charge in [-0.05, 0) is 43.6 Å². The van der Waals surface area contributed by atoms with Crippen molar-refractivity contribution in [3.8, 4) is 0 Å². The number of rotatable bonds is 5. The lowest BCUT2D eigenvalue weighted by Crippen LogP contribution is -2.48. The number of benzene rings is 1. The van der Waals surface area contributed by atoms with Gasteiger partial charge < -0.3 is 15.5 Å². The van der Waals surface area contributed by atoms with Crippen molar-refractivity contribution in [1.29, 1.82) is 0 Å². The fraction of sp³-hybridized carbons (Fsp3) is 0.562. The van der Waals surface area contributed by atoms with E-state index in [2.05, 4.69) is 46.7 Å². The van der Waals surface area contributed by atoms with Gasteiger partial charge in [0, 0.05) is 25.7 Å². The number of piperidine rings is 1. The van der Waals surface area contributed by atoms with Crippen molar-refractivity contribution in [2.75, 3.05) is 26.2 Å². The van der Waals surface area contributed by atoms with E-state index in [9.17, 15) is 0 Å². The summed E-state index contributed by atoms with van der Waals surface area (Å²) in [6.07, 6.45) is 3.39. The Morgan fingerprint density at radius 2 is 1.95 bits per heavy atom. The summed E-state index contributed by atoms with van der Waals surface area (Å²) in [6, 6.07) is 11.0. The molecule has 1 saturated heterocycles. The van der Waals surface area contributed by atoms with Crippen molar-refractivity contribution in [2.24, 2.45) is 0 Å². The standard InChI is InChI=1S/C16H25N3S/c1-2-19-12-9-15(10-13-19)18-16(20)17-11-8-14-6-4-3-5-7-14/h3-7,15H,2,8-13H2,1H3,(H2,17,18,20). The Bertz CT molecular complexity index is 399. The Kier molecular flexibility index (Phi) is 6.27. The quantitative estimate of drug-likeness (QED) is 0.813. The molecular formula is C16H25N3S. The molecule has 1 aliphatic rings. The second-order valence-electron chi connectivity index (χ2n) is 5.34. The van der Waals surface area contributed by atoms with E-state index in [-0.39, 0.29) is 0 Å². The van der Waals surface area contributed by atoms with Gasteiger partial charge in [-0.15, -0.1) is 0 Å². The third-order valence-corrected chi connectivity index (χ3v) is 4.17. The van der Waals surface area contributed by atoms with E-state index < -0.39 is 0 Å². The van der Waals surface area contributed by atoms with Crippen LogP contribution in [0.15, 0.2) is 30.3 Å². The highest BCUT2D eigenvalue weighted by Gasteiger charge is 2.18. The molecule has 2 N–H and O–H groups in total. The zero-order valence-corrected chi connectivity index (χ0v) is 13.1. The van der Waals surface area contributed by atoms with E-state index in [1.54, 1.807) is 0 Å². The maximum absolute atomic E-state index is 5.37. The molecule has 3 nitrogen and oxygen atoms in total. The average molecular weight is 291 g/mol. The summed E-state index contributed by atoms with van der Waals surface area (Å²) in [5.74, 6) is 0. The monoisotopic (exact) mass is 291 g/mol. The second-order valence-corrected chi connectivity index (χ2v) is 5.75. The third-order valence-electron chi connectivity index (χ3n) is 3.91. The molecular weight excluding hydrogens is 266 g/mol. The number of hydrogen-bond acceptors (Lipinski definition) is 2. The summed E-state index contributed by atoms with van der Waals surface area (Å²) in [4.78, 5) is 2.49. The van der Waals surface area contributed by atoms with Crippen LogP contribution in [0.5, 0.6) is 0 Å². The van der Waals surface area contributed by atoms with Crippen LogP contribution in [-0.2, 0) is 6.42 Å². The van der Waals surface area contributed by atoms with Crippen LogP contribution in [0.2, 0.25) is 0 Å². The molecule has 0 unspecified atom stereocenters. The highest BCUT2D eigenvalue weighted by atomic mass is 32.1. The summed E-state index contributed by atoms with van der Waals surface area (Å²) in [7, 11) is 0. The van der Waals surface area contributed by atoms with Gasteiger partial charge in [-0.1, -0.05) is 37.3 Å². The van der Waals surface area contributed by atoms with Crippen LogP contribution in [0.1, 0.15) is 25.3 Å². The maximum atomic E-state index is 5.37. The van der Waals surface area contributed by atoms with Crippen molar-refractivity contribution in [3.05, 3.63) is 35.9 Å². The first-order valence-electron chi connectivity index (χ1n) is 7.58. The molecule has 0 aromatic heterocycles. The lowest BCUT2D eigenvalue weighted by atomic mass is 10.1. The van der Waals surface area contributed by atoms with Gasteiger partial charge in [0.05, 0.1) is 0 Å². The molecule has 0 radical (unpaired) electrons. The van der Waals surface area contributed by atoms with Gasteiger partial charge in [-0.25, -0.2) is 0 Å². The van der Waals surface area contributed by atoms with Crippen LogP contribution in [-0.4, -0.2) is 42.2 Å². The van der Waals surface area contributed by atoms with E-state index in [1.807, 2.05) is 6.07 Å². The maximum Gasteiger partial charge on any atom is 0.166 e. The summed E-state index contributed by atoms with van der Waals surface area (Å²) in [5, 5.41) is 7.56. The third kappa shape index (κ3) is 5.10. The first kappa shape index (κ1) is 15.3. The van der Waals surface area contributed by atoms with E-state index in [4.69, 9.17) is 12.2 Å². The van der Waals surface area contributed by atoms with Gasteiger partial charge in [-0.2, -0.15) is 0 Å². The van der Waals surface area contributed by atoms with Crippen LogP contribution in [0.4, 0.5) is 0 Å². The van der Waals surface area contributed by atoms with E-state index in [0.29, 0.717) is 6.04 Å².